The minimum atomic E-state index is -0.443. The van der Waals surface area contributed by atoms with Crippen LogP contribution in [-0.4, -0.2) is 33.2 Å². The molecule has 0 saturated carbocycles. The number of fused-ring (bicyclic) bond motifs is 1. The van der Waals surface area contributed by atoms with Gasteiger partial charge in [-0.3, -0.25) is 4.79 Å². The van der Waals surface area contributed by atoms with Crippen molar-refractivity contribution in [3.05, 3.63) is 70.9 Å². The predicted molar refractivity (Wildman–Crippen MR) is 110 cm³/mol. The number of methoxy groups -OCH3 is 1. The summed E-state index contributed by atoms with van der Waals surface area (Å²) < 4.78 is 6.99. The zero-order valence-corrected chi connectivity index (χ0v) is 16.5. The number of aromatic nitrogens is 4. The van der Waals surface area contributed by atoms with E-state index in [1.54, 1.807) is 23.9 Å². The third-order valence-corrected chi connectivity index (χ3v) is 5.02. The average molecular weight is 390 g/mol. The van der Waals surface area contributed by atoms with Gasteiger partial charge in [0.25, 0.3) is 5.91 Å². The molecule has 148 valence electrons. The Kier molecular flexibility index (Phi) is 4.99. The first kappa shape index (κ1) is 18.7. The molecule has 29 heavy (non-hydrogen) atoms. The third-order valence-electron chi connectivity index (χ3n) is 5.02. The summed E-state index contributed by atoms with van der Waals surface area (Å²) in [6, 6.07) is 15.0. The summed E-state index contributed by atoms with van der Waals surface area (Å²) in [4.78, 5) is 13.3. The molecule has 1 aromatic heterocycles. The number of para-hydroxylation sites is 2. The van der Waals surface area contributed by atoms with Crippen molar-refractivity contribution in [1.29, 1.82) is 0 Å². The number of allylic oxidation sites excluding steroid dienone is 1. The average Bonchev–Trinajstić information content (AvgIpc) is 3.21. The maximum absolute atomic E-state index is 13.3. The van der Waals surface area contributed by atoms with Crippen molar-refractivity contribution in [1.82, 2.24) is 20.2 Å². The fraction of sp³-hybridized carbons (Fsp3) is 0.238. The van der Waals surface area contributed by atoms with Crippen LogP contribution >= 0.6 is 0 Å². The molecule has 8 heteroatoms. The molecule has 0 aliphatic carbocycles. The molecule has 4 rings (SSSR count). The van der Waals surface area contributed by atoms with Gasteiger partial charge in [-0.1, -0.05) is 48.4 Å². The number of hydrogen-bond acceptors (Lipinski definition) is 6. The lowest BCUT2D eigenvalue weighted by atomic mass is 9.94. The van der Waals surface area contributed by atoms with Crippen molar-refractivity contribution in [2.24, 2.45) is 0 Å². The third kappa shape index (κ3) is 3.44. The van der Waals surface area contributed by atoms with E-state index >= 15 is 0 Å². The van der Waals surface area contributed by atoms with E-state index in [2.05, 4.69) is 45.2 Å². The fourth-order valence-electron chi connectivity index (χ4n) is 3.49. The Balaban J connectivity index is 1.75. The maximum Gasteiger partial charge on any atom is 0.255 e. The second kappa shape index (κ2) is 7.75. The summed E-state index contributed by atoms with van der Waals surface area (Å²) in [5.41, 5.74) is 3.99. The van der Waals surface area contributed by atoms with Crippen LogP contribution < -0.4 is 15.4 Å². The molecule has 2 heterocycles. The Morgan fingerprint density at radius 1 is 1.21 bits per heavy atom. The lowest BCUT2D eigenvalue weighted by Crippen LogP contribution is -2.31. The van der Waals surface area contributed by atoms with E-state index in [4.69, 9.17) is 4.74 Å². The quantitative estimate of drug-likeness (QED) is 0.695. The van der Waals surface area contributed by atoms with Crippen LogP contribution in [0.15, 0.2) is 59.8 Å². The van der Waals surface area contributed by atoms with E-state index in [9.17, 15) is 4.79 Å². The first-order chi connectivity index (χ1) is 14.1. The molecule has 3 aromatic rings. The summed E-state index contributed by atoms with van der Waals surface area (Å²) in [5.74, 6) is 0.848. The van der Waals surface area contributed by atoms with E-state index in [1.165, 1.54) is 5.56 Å². The highest BCUT2D eigenvalue weighted by atomic mass is 16.5. The number of carbonyl (C=O) groups is 1. The van der Waals surface area contributed by atoms with Gasteiger partial charge in [-0.25, -0.2) is 0 Å². The number of anilines is 2. The van der Waals surface area contributed by atoms with Crippen molar-refractivity contribution >= 4 is 17.5 Å². The molecule has 0 bridgehead atoms. The Labute approximate surface area is 168 Å². The highest BCUT2D eigenvalue weighted by Gasteiger charge is 2.34. The summed E-state index contributed by atoms with van der Waals surface area (Å²) in [5, 5.41) is 18.0. The largest absolute Gasteiger partial charge is 0.495 e. The molecule has 8 nitrogen and oxygen atoms in total. The standard InChI is InChI=1S/C21H22N6O2/c1-4-14-9-11-15(12-10-14)19-18(13(2)22-21-24-25-26-27(19)21)20(28)23-16-7-5-6-8-17(16)29-3/h5-12,19H,4H2,1-3H3,(H,23,28)(H,22,24,26)/t19-/m1/s1. The smallest absolute Gasteiger partial charge is 0.255 e. The van der Waals surface area contributed by atoms with Gasteiger partial charge in [-0.2, -0.15) is 4.68 Å². The Morgan fingerprint density at radius 3 is 2.69 bits per heavy atom. The zero-order chi connectivity index (χ0) is 20.4. The Bertz CT molecular complexity index is 1070. The first-order valence-electron chi connectivity index (χ1n) is 9.41. The molecular weight excluding hydrogens is 368 g/mol. The van der Waals surface area contributed by atoms with Gasteiger partial charge in [0.05, 0.1) is 18.4 Å². The van der Waals surface area contributed by atoms with E-state index in [0.717, 1.165) is 12.0 Å². The number of nitrogens with zero attached hydrogens (tertiary/aromatic N) is 4. The second-order valence-corrected chi connectivity index (χ2v) is 6.76. The highest BCUT2D eigenvalue weighted by molar-refractivity contribution is 6.06. The van der Waals surface area contributed by atoms with E-state index in [-0.39, 0.29) is 5.91 Å². The number of rotatable bonds is 5. The highest BCUT2D eigenvalue weighted by Crippen LogP contribution is 2.35. The van der Waals surface area contributed by atoms with Gasteiger partial charge < -0.3 is 15.4 Å². The molecule has 2 N–H and O–H groups in total. The molecule has 0 spiro atoms. The van der Waals surface area contributed by atoms with Gasteiger partial charge >= 0.3 is 0 Å². The predicted octanol–water partition coefficient (Wildman–Crippen LogP) is 3.17. The summed E-state index contributed by atoms with van der Waals surface area (Å²) in [6.45, 7) is 3.96. The number of benzene rings is 2. The van der Waals surface area contributed by atoms with Crippen molar-refractivity contribution < 1.29 is 9.53 Å². The number of amides is 1. The molecule has 2 aromatic carbocycles. The Morgan fingerprint density at radius 2 is 1.97 bits per heavy atom. The first-order valence-corrected chi connectivity index (χ1v) is 9.41. The lowest BCUT2D eigenvalue weighted by Gasteiger charge is -2.28. The molecule has 0 radical (unpaired) electrons. The normalized spacial score (nSPS) is 15.5. The second-order valence-electron chi connectivity index (χ2n) is 6.76. The van der Waals surface area contributed by atoms with Gasteiger partial charge in [0, 0.05) is 5.70 Å². The molecule has 1 aliphatic rings. The molecule has 1 atom stereocenters. The van der Waals surface area contributed by atoms with Crippen LogP contribution in [0.1, 0.15) is 31.0 Å². The van der Waals surface area contributed by atoms with Gasteiger partial charge in [-0.15, -0.1) is 0 Å². The SMILES string of the molecule is CCc1ccc([C@@H]2C(C(=O)Nc3ccccc3OC)=C(C)Nc3nnnn32)cc1. The molecule has 0 fully saturated rings. The summed E-state index contributed by atoms with van der Waals surface area (Å²) in [6.07, 6.45) is 0.943. The molecular formula is C21H22N6O2. The molecule has 0 saturated heterocycles. The minimum Gasteiger partial charge on any atom is -0.495 e. The van der Waals surface area contributed by atoms with Gasteiger partial charge in [-0.05, 0) is 47.0 Å². The number of hydrogen-bond donors (Lipinski definition) is 2. The van der Waals surface area contributed by atoms with Crippen LogP contribution in [0.5, 0.6) is 5.75 Å². The van der Waals surface area contributed by atoms with Crippen molar-refractivity contribution in [2.75, 3.05) is 17.7 Å². The summed E-state index contributed by atoms with van der Waals surface area (Å²) >= 11 is 0. The topological polar surface area (TPSA) is 94.0 Å². The van der Waals surface area contributed by atoms with Gasteiger partial charge in [0.15, 0.2) is 0 Å². The Hall–Kier alpha value is -3.68. The lowest BCUT2D eigenvalue weighted by molar-refractivity contribution is -0.113. The number of ether oxygens (including phenoxy) is 1. The van der Waals surface area contributed by atoms with Crippen LogP contribution in [0.3, 0.4) is 0 Å². The van der Waals surface area contributed by atoms with E-state index in [1.807, 2.05) is 31.2 Å². The van der Waals surface area contributed by atoms with Crippen LogP contribution in [0, 0.1) is 0 Å². The van der Waals surface area contributed by atoms with E-state index in [0.29, 0.717) is 28.7 Å². The minimum absolute atomic E-state index is 0.245. The monoisotopic (exact) mass is 390 g/mol. The van der Waals surface area contributed by atoms with Crippen LogP contribution in [0.2, 0.25) is 0 Å². The molecule has 1 aliphatic heterocycles. The molecule has 0 unspecified atom stereocenters. The fourth-order valence-corrected chi connectivity index (χ4v) is 3.49. The van der Waals surface area contributed by atoms with Crippen molar-refractivity contribution in [3.8, 4) is 5.75 Å². The van der Waals surface area contributed by atoms with Crippen molar-refractivity contribution in [2.45, 2.75) is 26.3 Å². The summed E-state index contributed by atoms with van der Waals surface area (Å²) in [7, 11) is 1.57. The molecule has 1 amide bonds. The van der Waals surface area contributed by atoms with Crippen LogP contribution in [0.25, 0.3) is 0 Å². The zero-order valence-electron chi connectivity index (χ0n) is 16.5. The number of aryl methyl sites for hydroxylation is 1. The van der Waals surface area contributed by atoms with Gasteiger partial charge in [0.2, 0.25) is 5.95 Å². The van der Waals surface area contributed by atoms with Crippen LogP contribution in [-0.2, 0) is 11.2 Å². The van der Waals surface area contributed by atoms with Crippen LogP contribution in [0.4, 0.5) is 11.6 Å². The van der Waals surface area contributed by atoms with E-state index < -0.39 is 6.04 Å². The van der Waals surface area contributed by atoms with Gasteiger partial charge in [0.1, 0.15) is 11.8 Å². The van der Waals surface area contributed by atoms with Crippen molar-refractivity contribution in [3.63, 3.8) is 0 Å². The number of nitrogens with one attached hydrogen (secondary N) is 2. The number of carbonyl (C=O) groups excluding carboxylic acids is 1. The maximum atomic E-state index is 13.3. The number of tetrazole rings is 1.